The summed E-state index contributed by atoms with van der Waals surface area (Å²) in [4.78, 5) is 26.1. The fourth-order valence-electron chi connectivity index (χ4n) is 4.32. The zero-order valence-corrected chi connectivity index (χ0v) is 21.6. The van der Waals surface area contributed by atoms with Gasteiger partial charge in [-0.05, 0) is 60.9 Å². The molecule has 36 heavy (non-hydrogen) atoms. The van der Waals surface area contributed by atoms with Crippen LogP contribution in [0.1, 0.15) is 46.6 Å². The van der Waals surface area contributed by atoms with Gasteiger partial charge in [-0.15, -0.1) is 0 Å². The number of hydrogen-bond acceptors (Lipinski definition) is 5. The Morgan fingerprint density at radius 2 is 1.92 bits per heavy atom. The topological polar surface area (TPSA) is 98.7 Å². The van der Waals surface area contributed by atoms with Crippen molar-refractivity contribution < 1.29 is 4.79 Å². The maximum atomic E-state index is 13.2. The molecule has 7 nitrogen and oxygen atoms in total. The number of aryl methyl sites for hydroxylation is 2. The fourth-order valence-corrected chi connectivity index (χ4v) is 4.48. The van der Waals surface area contributed by atoms with E-state index in [0.717, 1.165) is 44.2 Å². The molecule has 0 saturated heterocycles. The first-order valence-electron chi connectivity index (χ1n) is 11.9. The van der Waals surface area contributed by atoms with Crippen LogP contribution in [0.3, 0.4) is 0 Å². The van der Waals surface area contributed by atoms with Crippen molar-refractivity contribution in [3.63, 3.8) is 0 Å². The van der Waals surface area contributed by atoms with Crippen molar-refractivity contribution in [2.75, 3.05) is 5.73 Å². The molecule has 0 unspecified atom stereocenters. The number of nitrogens with two attached hydrogens (primary N) is 1. The summed E-state index contributed by atoms with van der Waals surface area (Å²) >= 11 is 6.12. The molecule has 1 aromatic carbocycles. The molecular weight excluding hydrogens is 472 g/mol. The highest BCUT2D eigenvalue weighted by molar-refractivity contribution is 6.31. The number of carbonyl (C=O) groups excluding carboxylic acids is 1. The highest BCUT2D eigenvalue weighted by atomic mass is 35.5. The molecule has 0 radical (unpaired) electrons. The maximum absolute atomic E-state index is 13.2. The zero-order valence-electron chi connectivity index (χ0n) is 20.8. The molecule has 0 aliphatic carbocycles. The Hall–Kier alpha value is -3.97. The van der Waals surface area contributed by atoms with Crippen molar-refractivity contribution in [2.45, 2.75) is 40.8 Å². The number of nitrogens with zero attached hydrogens (tertiary/aromatic N) is 4. The average molecular weight is 501 g/mol. The summed E-state index contributed by atoms with van der Waals surface area (Å²) in [5.41, 5.74) is 12.1. The number of aromatic nitrogens is 4. The van der Waals surface area contributed by atoms with Gasteiger partial charge in [0.25, 0.3) is 5.91 Å². The molecule has 0 saturated carbocycles. The van der Waals surface area contributed by atoms with Gasteiger partial charge in [-0.3, -0.25) is 14.8 Å². The van der Waals surface area contributed by atoms with Gasteiger partial charge in [0.1, 0.15) is 5.82 Å². The van der Waals surface area contributed by atoms with Gasteiger partial charge < -0.3 is 15.6 Å². The normalized spacial score (nSPS) is 10.8. The van der Waals surface area contributed by atoms with Crippen LogP contribution in [0.25, 0.3) is 21.8 Å². The number of halogens is 1. The Bertz CT molecular complexity index is 1540. The average Bonchev–Trinajstić information content (AvgIpc) is 3.23. The van der Waals surface area contributed by atoms with Crippen LogP contribution in [-0.4, -0.2) is 25.4 Å². The molecule has 0 atom stereocenters. The number of nitrogens with one attached hydrogen (secondary N) is 1. The van der Waals surface area contributed by atoms with E-state index in [1.807, 2.05) is 68.8 Å². The third kappa shape index (κ3) is 5.16. The summed E-state index contributed by atoms with van der Waals surface area (Å²) in [5.74, 6) is 0.326. The second kappa shape index (κ2) is 10.7. The van der Waals surface area contributed by atoms with E-state index in [0.29, 0.717) is 29.5 Å². The molecule has 3 N–H and O–H groups in total. The van der Waals surface area contributed by atoms with Crippen LogP contribution in [0, 0.1) is 13.8 Å². The van der Waals surface area contributed by atoms with E-state index in [2.05, 4.69) is 26.3 Å². The Kier molecular flexibility index (Phi) is 7.50. The molecule has 0 aliphatic heterocycles. The lowest BCUT2D eigenvalue weighted by Gasteiger charge is -2.11. The molecule has 1 amide bonds. The van der Waals surface area contributed by atoms with E-state index < -0.39 is 0 Å². The quantitative estimate of drug-likeness (QED) is 0.316. The first kappa shape index (κ1) is 25.1. The molecule has 0 aliphatic rings. The third-order valence-electron chi connectivity index (χ3n) is 5.99. The number of amides is 1. The van der Waals surface area contributed by atoms with Crippen molar-refractivity contribution in [3.8, 4) is 0 Å². The molecule has 5 rings (SSSR count). The van der Waals surface area contributed by atoms with Gasteiger partial charge in [0.05, 0.1) is 27.8 Å². The van der Waals surface area contributed by atoms with Gasteiger partial charge in [0.2, 0.25) is 0 Å². The van der Waals surface area contributed by atoms with Crippen LogP contribution >= 0.6 is 11.6 Å². The summed E-state index contributed by atoms with van der Waals surface area (Å²) in [6, 6.07) is 11.7. The Morgan fingerprint density at radius 1 is 1.11 bits per heavy atom. The molecule has 4 aromatic heterocycles. The van der Waals surface area contributed by atoms with Crippen molar-refractivity contribution >= 4 is 45.1 Å². The number of rotatable bonds is 5. The third-order valence-corrected chi connectivity index (χ3v) is 6.20. The predicted octanol–water partition coefficient (Wildman–Crippen LogP) is 5.84. The van der Waals surface area contributed by atoms with Crippen LogP contribution in [0.2, 0.25) is 5.02 Å². The highest BCUT2D eigenvalue weighted by Gasteiger charge is 2.16. The smallest absolute Gasteiger partial charge is 0.253 e. The number of anilines is 1. The van der Waals surface area contributed by atoms with Crippen LogP contribution in [0.4, 0.5) is 5.82 Å². The lowest BCUT2D eigenvalue weighted by Crippen LogP contribution is -2.24. The number of fused-ring (bicyclic) bond motifs is 2. The van der Waals surface area contributed by atoms with Crippen molar-refractivity contribution in [1.29, 1.82) is 0 Å². The highest BCUT2D eigenvalue weighted by Crippen LogP contribution is 2.24. The van der Waals surface area contributed by atoms with Gasteiger partial charge >= 0.3 is 0 Å². The van der Waals surface area contributed by atoms with Crippen molar-refractivity contribution in [2.24, 2.45) is 0 Å². The number of pyridine rings is 3. The Labute approximate surface area is 215 Å². The summed E-state index contributed by atoms with van der Waals surface area (Å²) in [7, 11) is 0. The summed E-state index contributed by atoms with van der Waals surface area (Å²) in [6.45, 7) is 8.82. The molecule has 0 bridgehead atoms. The molecule has 8 heteroatoms. The summed E-state index contributed by atoms with van der Waals surface area (Å²) < 4.78 is 2.04. The maximum Gasteiger partial charge on any atom is 0.253 e. The lowest BCUT2D eigenvalue weighted by molar-refractivity contribution is 0.0952. The minimum atomic E-state index is -0.153. The minimum absolute atomic E-state index is 0.153. The van der Waals surface area contributed by atoms with E-state index >= 15 is 0 Å². The van der Waals surface area contributed by atoms with Gasteiger partial charge in [-0.2, -0.15) is 0 Å². The van der Waals surface area contributed by atoms with Crippen LogP contribution in [0.15, 0.2) is 61.2 Å². The second-order valence-corrected chi connectivity index (χ2v) is 8.79. The molecular formula is C28H29ClN6O. The molecule has 4 heterocycles. The van der Waals surface area contributed by atoms with Gasteiger partial charge in [0.15, 0.2) is 0 Å². The van der Waals surface area contributed by atoms with E-state index in [1.165, 1.54) is 0 Å². The van der Waals surface area contributed by atoms with Crippen molar-refractivity contribution in [3.05, 3.63) is 94.2 Å². The number of hydrogen-bond donors (Lipinski definition) is 2. The number of benzene rings is 1. The van der Waals surface area contributed by atoms with Crippen molar-refractivity contribution in [1.82, 2.24) is 24.8 Å². The van der Waals surface area contributed by atoms with E-state index in [9.17, 15) is 4.79 Å². The molecule has 0 spiro atoms. The summed E-state index contributed by atoms with van der Waals surface area (Å²) in [5, 5.41) is 5.46. The lowest BCUT2D eigenvalue weighted by atomic mass is 10.1. The van der Waals surface area contributed by atoms with Crippen LogP contribution < -0.4 is 11.1 Å². The van der Waals surface area contributed by atoms with Gasteiger partial charge in [-0.1, -0.05) is 31.5 Å². The standard InChI is InChI=1S/C26H23ClN6O.C2H6/c1-15-7-25(28)32-16(2)21(15)11-31-26(34)22-14-33(24-12-29-6-5-20(22)24)13-17-3-4-23-18(8-17)9-19(27)10-30-23;1-2/h3-10,12,14H,11,13H2,1-2H3,(H2,28,32)(H,31,34);1-2H3. The van der Waals surface area contributed by atoms with E-state index in [4.69, 9.17) is 17.3 Å². The zero-order chi connectivity index (χ0) is 25.8. The van der Waals surface area contributed by atoms with Gasteiger partial charge in [0, 0.05) is 48.1 Å². The van der Waals surface area contributed by atoms with Gasteiger partial charge in [-0.25, -0.2) is 4.98 Å². The molecule has 184 valence electrons. The fraction of sp³-hybridized carbons (Fsp3) is 0.214. The molecule has 0 fully saturated rings. The Morgan fingerprint density at radius 3 is 2.69 bits per heavy atom. The second-order valence-electron chi connectivity index (χ2n) is 8.35. The van der Waals surface area contributed by atoms with E-state index in [1.54, 1.807) is 18.6 Å². The van der Waals surface area contributed by atoms with E-state index in [-0.39, 0.29) is 5.91 Å². The Balaban J connectivity index is 0.00000148. The minimum Gasteiger partial charge on any atom is -0.384 e. The monoisotopic (exact) mass is 500 g/mol. The molecule has 5 aromatic rings. The first-order valence-corrected chi connectivity index (χ1v) is 12.2. The summed E-state index contributed by atoms with van der Waals surface area (Å²) in [6.07, 6.45) is 7.00. The number of nitrogen functional groups attached to an aromatic ring is 1. The largest absolute Gasteiger partial charge is 0.384 e. The van der Waals surface area contributed by atoms with Crippen LogP contribution in [-0.2, 0) is 13.1 Å². The number of carbonyl (C=O) groups is 1. The first-order chi connectivity index (χ1) is 17.4. The predicted molar refractivity (Wildman–Crippen MR) is 146 cm³/mol. The van der Waals surface area contributed by atoms with Crippen LogP contribution in [0.5, 0.6) is 0 Å². The SMILES string of the molecule is CC.Cc1cc(N)nc(C)c1CNC(=O)c1cn(Cc2ccc3ncc(Cl)cc3c2)c2cnccc12.